The predicted octanol–water partition coefficient (Wildman–Crippen LogP) is 31.2. The van der Waals surface area contributed by atoms with Gasteiger partial charge in [-0.2, -0.15) is 0 Å². The molecule has 0 spiro atoms. The first kappa shape index (κ1) is 68.2. The molecule has 0 saturated heterocycles. The maximum Gasteiger partial charge on any atom is 0.159 e. The summed E-state index contributed by atoms with van der Waals surface area (Å²) >= 11 is 0. The molecule has 0 aliphatic rings. The van der Waals surface area contributed by atoms with Crippen LogP contribution >= 0.6 is 0 Å². The van der Waals surface area contributed by atoms with Crippen LogP contribution in [-0.2, 0) is 0 Å². The van der Waals surface area contributed by atoms with Gasteiger partial charge < -0.3 is 41.8 Å². The Bertz CT molecular complexity index is 8080. The fourth-order valence-corrected chi connectivity index (χ4v) is 20.0. The molecular weight excluding hydrogens is 1480 g/mol. The Morgan fingerprint density at radius 1 is 0.182 bits per heavy atom. The van der Waals surface area contributed by atoms with Gasteiger partial charge in [-0.15, -0.1) is 0 Å². The molecule has 0 amide bonds. The van der Waals surface area contributed by atoms with Crippen LogP contribution in [0.5, 0.6) is 0 Å². The maximum absolute atomic E-state index is 6.83. The van der Waals surface area contributed by atoms with Gasteiger partial charge in [-0.1, -0.05) is 224 Å². The standard InChI is InChI=1S/C112H73N7O2/c1-70-26-22-38-77(64-70)114(99-44-24-42-89-83-40-18-20-46-105(83)120-111(89)99)81-50-54-93-103(68-81)118(75-34-14-6-15-35-75)97-62-58-85-87(109(93)97)56-60-95-107(85)91-52-48-79(66-101(91)116(95)73-30-10-4-11-31-73)113(72-28-8-3-9-29-72)80-49-53-92-102(67-80)117(74-32-12-5-13-33-74)96-61-57-88-86(108(92)96)59-63-98-110(88)94-55-51-82(69-104(94)119(98)76-36-16-7-17-37-76)115(78-39-23-27-71(2)65-78)100-45-25-43-90-84-41-19-21-47-106(84)121-112(90)100/h3-69H,1-2H3. The van der Waals surface area contributed by atoms with Crippen LogP contribution in [0.4, 0.5) is 51.2 Å². The van der Waals surface area contributed by atoms with E-state index in [9.17, 15) is 0 Å². The highest BCUT2D eigenvalue weighted by Gasteiger charge is 2.29. The molecular formula is C112H73N7O2. The molecule has 9 nitrogen and oxygen atoms in total. The van der Waals surface area contributed by atoms with E-state index in [1.54, 1.807) is 0 Å². The summed E-state index contributed by atoms with van der Waals surface area (Å²) in [5, 5.41) is 18.5. The van der Waals surface area contributed by atoms with E-state index in [1.165, 1.54) is 65.0 Å². The van der Waals surface area contributed by atoms with Crippen molar-refractivity contribution >= 4 is 204 Å². The number of hydrogen-bond acceptors (Lipinski definition) is 5. The number of aryl methyl sites for hydroxylation is 2. The predicted molar refractivity (Wildman–Crippen MR) is 507 cm³/mol. The molecule has 25 aromatic rings. The Morgan fingerprint density at radius 2 is 0.446 bits per heavy atom. The van der Waals surface area contributed by atoms with E-state index < -0.39 is 0 Å². The van der Waals surface area contributed by atoms with Crippen molar-refractivity contribution in [2.45, 2.75) is 13.8 Å². The zero-order valence-electron chi connectivity index (χ0n) is 66.1. The second-order valence-electron chi connectivity index (χ2n) is 32.0. The lowest BCUT2D eigenvalue weighted by Crippen LogP contribution is -2.10. The Labute approximate surface area is 695 Å². The first-order valence-corrected chi connectivity index (χ1v) is 41.4. The highest BCUT2D eigenvalue weighted by atomic mass is 16.3. The minimum Gasteiger partial charge on any atom is -0.454 e. The molecule has 0 aliphatic heterocycles. The van der Waals surface area contributed by atoms with E-state index >= 15 is 0 Å². The molecule has 568 valence electrons. The van der Waals surface area contributed by atoms with Gasteiger partial charge in [0, 0.05) is 127 Å². The second-order valence-corrected chi connectivity index (χ2v) is 32.0. The molecule has 0 unspecified atom stereocenters. The Morgan fingerprint density at radius 3 is 0.777 bits per heavy atom. The van der Waals surface area contributed by atoms with Crippen molar-refractivity contribution in [1.82, 2.24) is 18.3 Å². The van der Waals surface area contributed by atoms with E-state index in [0.29, 0.717) is 0 Å². The second kappa shape index (κ2) is 26.7. The zero-order valence-corrected chi connectivity index (χ0v) is 66.1. The summed E-state index contributed by atoms with van der Waals surface area (Å²) in [5.41, 5.74) is 28.2. The number of furan rings is 2. The molecule has 0 saturated carbocycles. The highest BCUT2D eigenvalue weighted by molar-refractivity contribution is 6.32. The van der Waals surface area contributed by atoms with Gasteiger partial charge in [-0.25, -0.2) is 0 Å². The van der Waals surface area contributed by atoms with Crippen LogP contribution in [0.1, 0.15) is 11.1 Å². The monoisotopic (exact) mass is 1550 g/mol. The number of fused-ring (bicyclic) bond motifs is 24. The molecule has 121 heavy (non-hydrogen) atoms. The van der Waals surface area contributed by atoms with E-state index in [1.807, 2.05) is 12.1 Å². The van der Waals surface area contributed by atoms with Gasteiger partial charge in [-0.3, -0.25) is 0 Å². The third kappa shape index (κ3) is 10.4. The Hall–Kier alpha value is -16.1. The maximum atomic E-state index is 6.83. The molecule has 0 aliphatic carbocycles. The lowest BCUT2D eigenvalue weighted by Gasteiger charge is -2.26. The summed E-state index contributed by atoms with van der Waals surface area (Å²) < 4.78 is 23.5. The Kier molecular flexibility index (Phi) is 15.1. The molecule has 0 N–H and O–H groups in total. The average Bonchev–Trinajstić information content (AvgIpc) is 1.53. The van der Waals surface area contributed by atoms with Gasteiger partial charge in [0.2, 0.25) is 0 Å². The van der Waals surface area contributed by atoms with Crippen LogP contribution in [0.3, 0.4) is 0 Å². The molecule has 6 aromatic heterocycles. The van der Waals surface area contributed by atoms with Gasteiger partial charge in [0.15, 0.2) is 11.2 Å². The van der Waals surface area contributed by atoms with E-state index in [4.69, 9.17) is 8.83 Å². The average molecular weight is 1550 g/mol. The van der Waals surface area contributed by atoms with Crippen molar-refractivity contribution in [3.8, 4) is 22.7 Å². The molecule has 0 fully saturated rings. The summed E-state index contributed by atoms with van der Waals surface area (Å²) in [6.07, 6.45) is 0. The topological polar surface area (TPSA) is 55.7 Å². The van der Waals surface area contributed by atoms with Crippen molar-refractivity contribution < 1.29 is 8.83 Å². The summed E-state index contributed by atoms with van der Waals surface area (Å²) in [5.74, 6) is 0. The lowest BCUT2D eigenvalue weighted by molar-refractivity contribution is 0.668. The van der Waals surface area contributed by atoms with E-state index in [2.05, 4.69) is 441 Å². The lowest BCUT2D eigenvalue weighted by atomic mass is 9.99. The fraction of sp³-hybridized carbons (Fsp3) is 0.0179. The van der Waals surface area contributed by atoms with Gasteiger partial charge in [0.05, 0.1) is 55.5 Å². The van der Waals surface area contributed by atoms with Gasteiger partial charge in [0.1, 0.15) is 11.2 Å². The first-order valence-electron chi connectivity index (χ1n) is 41.4. The van der Waals surface area contributed by atoms with Crippen LogP contribution in [-0.4, -0.2) is 18.3 Å². The number of para-hydroxylation sites is 9. The number of benzene rings is 19. The summed E-state index contributed by atoms with van der Waals surface area (Å²) in [7, 11) is 0. The minimum atomic E-state index is 0.845. The summed E-state index contributed by atoms with van der Waals surface area (Å²) in [6.45, 7) is 4.33. The molecule has 19 aromatic carbocycles. The molecule has 25 rings (SSSR count). The van der Waals surface area contributed by atoms with Gasteiger partial charge in [0.25, 0.3) is 0 Å². The SMILES string of the molecule is Cc1cccc(N(c2ccc3c4c5ccc6c(c5ccc4n(-c4ccccc4)c3c2)c2ccc(N(c3ccccc3)c3ccc4c5c7ccc8c(c7ccc5n(-c5ccccc5)c4c3)c3ccc(N(c4cccc(C)c4)c4cccc5c4oc4ccccc45)cc3n8-c3ccccc3)cc2n6-c2ccccc2)c2cccc3c2oc2ccccc23)c1. The quantitative estimate of drug-likeness (QED) is 0.115. The number of aromatic nitrogens is 4. The third-order valence-electron chi connectivity index (χ3n) is 25.1. The fourth-order valence-electron chi connectivity index (χ4n) is 20.0. The van der Waals surface area contributed by atoms with E-state index in [0.717, 1.165) is 173 Å². The first-order chi connectivity index (χ1) is 59.9. The van der Waals surface area contributed by atoms with Crippen LogP contribution < -0.4 is 14.7 Å². The molecule has 0 bridgehead atoms. The largest absolute Gasteiger partial charge is 0.454 e. The summed E-state index contributed by atoms with van der Waals surface area (Å²) in [6, 6.07) is 149. The molecule has 0 radical (unpaired) electrons. The normalized spacial score (nSPS) is 12.0. The minimum absolute atomic E-state index is 0.845. The number of hydrogen-bond donors (Lipinski definition) is 0. The number of anilines is 9. The Balaban J connectivity index is 0.669. The van der Waals surface area contributed by atoms with Gasteiger partial charge >= 0.3 is 0 Å². The highest BCUT2D eigenvalue weighted by Crippen LogP contribution is 2.52. The van der Waals surface area contributed by atoms with Crippen molar-refractivity contribution in [3.63, 3.8) is 0 Å². The number of rotatable bonds is 13. The number of nitrogens with zero attached hydrogens (tertiary/aromatic N) is 7. The zero-order chi connectivity index (χ0) is 79.7. The third-order valence-corrected chi connectivity index (χ3v) is 25.1. The van der Waals surface area contributed by atoms with Crippen molar-refractivity contribution in [2.75, 3.05) is 14.7 Å². The summed E-state index contributed by atoms with van der Waals surface area (Å²) in [4.78, 5) is 7.18. The smallest absolute Gasteiger partial charge is 0.159 e. The van der Waals surface area contributed by atoms with Crippen molar-refractivity contribution in [2.24, 2.45) is 0 Å². The van der Waals surface area contributed by atoms with Crippen LogP contribution in [0.2, 0.25) is 0 Å². The van der Waals surface area contributed by atoms with Crippen molar-refractivity contribution in [1.29, 1.82) is 0 Å². The molecule has 0 atom stereocenters. The van der Waals surface area contributed by atoms with Gasteiger partial charge in [-0.05, 0) is 229 Å². The van der Waals surface area contributed by atoms with Crippen LogP contribution in [0.15, 0.2) is 415 Å². The molecule has 9 heteroatoms. The van der Waals surface area contributed by atoms with E-state index in [-0.39, 0.29) is 0 Å². The van der Waals surface area contributed by atoms with Crippen LogP contribution in [0.25, 0.3) is 175 Å². The van der Waals surface area contributed by atoms with Crippen LogP contribution in [0, 0.1) is 13.8 Å². The molecule has 6 heterocycles. The van der Waals surface area contributed by atoms with Crippen molar-refractivity contribution in [3.05, 3.63) is 418 Å².